The fourth-order valence-electron chi connectivity index (χ4n) is 1.48. The van der Waals surface area contributed by atoms with Gasteiger partial charge in [-0.15, -0.1) is 0 Å². The van der Waals surface area contributed by atoms with E-state index in [1.165, 1.54) is 0 Å². The third-order valence-electron chi connectivity index (χ3n) is 2.44. The van der Waals surface area contributed by atoms with E-state index < -0.39 is 0 Å². The summed E-state index contributed by atoms with van der Waals surface area (Å²) < 4.78 is 5.04. The van der Waals surface area contributed by atoms with Crippen LogP contribution in [0.5, 0.6) is 5.75 Å². The molecule has 1 aromatic carbocycles. The zero-order valence-electron chi connectivity index (χ0n) is 10.4. The molecule has 0 bridgehead atoms. The summed E-state index contributed by atoms with van der Waals surface area (Å²) in [4.78, 5) is 11.6. The number of carbonyl (C=O) groups excluding carboxylic acids is 1. The second-order valence-electron chi connectivity index (χ2n) is 4.15. The molecule has 1 rings (SSSR count). The third-order valence-corrected chi connectivity index (χ3v) is 2.44. The molecule has 3 N–H and O–H groups in total. The molecule has 0 aliphatic heterocycles. The first-order chi connectivity index (χ1) is 8.11. The van der Waals surface area contributed by atoms with Crippen molar-refractivity contribution in [3.8, 4) is 5.75 Å². The molecule has 94 valence electrons. The Morgan fingerprint density at radius 1 is 1.41 bits per heavy atom. The van der Waals surface area contributed by atoms with Crippen LogP contribution in [-0.4, -0.2) is 19.1 Å². The number of carbonyl (C=O) groups is 1. The molecule has 0 saturated carbocycles. The number of anilines is 1. The molecule has 0 heterocycles. The molecule has 0 fully saturated rings. The number of amides is 1. The molecule has 1 unspecified atom stereocenters. The molecule has 0 aliphatic carbocycles. The number of hydrogen-bond donors (Lipinski definition) is 2. The standard InChI is InChI=1S/C13H20N2O2/c1-10(14)4-3-5-13(16)15-11-6-8-12(17-2)9-7-11/h6-10H,3-5,14H2,1-2H3,(H,15,16). The lowest BCUT2D eigenvalue weighted by atomic mass is 10.1. The van der Waals surface area contributed by atoms with Crippen LogP contribution in [0.15, 0.2) is 24.3 Å². The number of hydrogen-bond acceptors (Lipinski definition) is 3. The minimum atomic E-state index is 0.0239. The number of nitrogens with one attached hydrogen (secondary N) is 1. The molecular formula is C13H20N2O2. The van der Waals surface area contributed by atoms with E-state index >= 15 is 0 Å². The molecule has 4 heteroatoms. The van der Waals surface area contributed by atoms with E-state index in [0.29, 0.717) is 6.42 Å². The zero-order valence-corrected chi connectivity index (χ0v) is 10.4. The second kappa shape index (κ2) is 6.91. The number of rotatable bonds is 6. The summed E-state index contributed by atoms with van der Waals surface area (Å²) in [6.07, 6.45) is 2.20. The van der Waals surface area contributed by atoms with Crippen LogP contribution in [0.1, 0.15) is 26.2 Å². The summed E-state index contributed by atoms with van der Waals surface area (Å²) in [5.41, 5.74) is 6.41. The van der Waals surface area contributed by atoms with Gasteiger partial charge < -0.3 is 15.8 Å². The second-order valence-corrected chi connectivity index (χ2v) is 4.15. The van der Waals surface area contributed by atoms with Gasteiger partial charge in [0.2, 0.25) is 5.91 Å². The number of ether oxygens (including phenoxy) is 1. The Balaban J connectivity index is 2.34. The van der Waals surface area contributed by atoms with Crippen molar-refractivity contribution in [1.29, 1.82) is 0 Å². The van der Waals surface area contributed by atoms with Crippen LogP contribution in [-0.2, 0) is 4.79 Å². The first-order valence-corrected chi connectivity index (χ1v) is 5.81. The van der Waals surface area contributed by atoms with E-state index in [1.807, 2.05) is 31.2 Å². The van der Waals surface area contributed by atoms with E-state index in [9.17, 15) is 4.79 Å². The van der Waals surface area contributed by atoms with E-state index in [-0.39, 0.29) is 11.9 Å². The third kappa shape index (κ3) is 5.36. The Morgan fingerprint density at radius 3 is 2.59 bits per heavy atom. The Kier molecular flexibility index (Phi) is 5.49. The van der Waals surface area contributed by atoms with Crippen LogP contribution in [0.2, 0.25) is 0 Å². The van der Waals surface area contributed by atoms with Crippen LogP contribution in [0, 0.1) is 0 Å². The van der Waals surface area contributed by atoms with E-state index in [4.69, 9.17) is 10.5 Å². The molecule has 0 radical (unpaired) electrons. The molecule has 1 atom stereocenters. The van der Waals surface area contributed by atoms with Crippen LogP contribution < -0.4 is 15.8 Å². The smallest absolute Gasteiger partial charge is 0.224 e. The van der Waals surface area contributed by atoms with Crippen LogP contribution in [0.3, 0.4) is 0 Å². The van der Waals surface area contributed by atoms with E-state index in [0.717, 1.165) is 24.3 Å². The van der Waals surface area contributed by atoms with Gasteiger partial charge in [0, 0.05) is 18.2 Å². The summed E-state index contributed by atoms with van der Waals surface area (Å²) in [5, 5.41) is 2.83. The SMILES string of the molecule is COc1ccc(NC(=O)CCCC(C)N)cc1. The van der Waals surface area contributed by atoms with Gasteiger partial charge in [-0.2, -0.15) is 0 Å². The van der Waals surface area contributed by atoms with Gasteiger partial charge in [0.15, 0.2) is 0 Å². The van der Waals surface area contributed by atoms with Crippen molar-refractivity contribution in [3.63, 3.8) is 0 Å². The summed E-state index contributed by atoms with van der Waals surface area (Å²) in [6.45, 7) is 1.95. The monoisotopic (exact) mass is 236 g/mol. The molecule has 4 nitrogen and oxygen atoms in total. The number of methoxy groups -OCH3 is 1. The van der Waals surface area contributed by atoms with Crippen molar-refractivity contribution in [3.05, 3.63) is 24.3 Å². The largest absolute Gasteiger partial charge is 0.497 e. The van der Waals surface area contributed by atoms with Crippen molar-refractivity contribution in [2.75, 3.05) is 12.4 Å². The molecule has 0 aliphatic rings. The fraction of sp³-hybridized carbons (Fsp3) is 0.462. The lowest BCUT2D eigenvalue weighted by Crippen LogP contribution is -2.16. The highest BCUT2D eigenvalue weighted by molar-refractivity contribution is 5.90. The molecular weight excluding hydrogens is 216 g/mol. The predicted octanol–water partition coefficient (Wildman–Crippen LogP) is 2.15. The molecule has 0 aromatic heterocycles. The maximum absolute atomic E-state index is 11.6. The van der Waals surface area contributed by atoms with Gasteiger partial charge in [0.05, 0.1) is 7.11 Å². The molecule has 1 amide bonds. The topological polar surface area (TPSA) is 64.3 Å². The van der Waals surface area contributed by atoms with Gasteiger partial charge in [-0.25, -0.2) is 0 Å². The van der Waals surface area contributed by atoms with Crippen molar-refractivity contribution in [2.24, 2.45) is 5.73 Å². The van der Waals surface area contributed by atoms with Gasteiger partial charge in [0.25, 0.3) is 0 Å². The average molecular weight is 236 g/mol. The fourth-order valence-corrected chi connectivity index (χ4v) is 1.48. The highest BCUT2D eigenvalue weighted by atomic mass is 16.5. The van der Waals surface area contributed by atoms with Crippen molar-refractivity contribution < 1.29 is 9.53 Å². The first kappa shape index (κ1) is 13.5. The maximum Gasteiger partial charge on any atom is 0.224 e. The van der Waals surface area contributed by atoms with Gasteiger partial charge in [-0.3, -0.25) is 4.79 Å². The lowest BCUT2D eigenvalue weighted by Gasteiger charge is -2.07. The average Bonchev–Trinajstić information content (AvgIpc) is 2.29. The van der Waals surface area contributed by atoms with Crippen LogP contribution >= 0.6 is 0 Å². The van der Waals surface area contributed by atoms with Gasteiger partial charge >= 0.3 is 0 Å². The highest BCUT2D eigenvalue weighted by Crippen LogP contribution is 2.15. The normalized spacial score (nSPS) is 11.9. The van der Waals surface area contributed by atoms with Crippen LogP contribution in [0.4, 0.5) is 5.69 Å². The predicted molar refractivity (Wildman–Crippen MR) is 69.1 cm³/mol. The Morgan fingerprint density at radius 2 is 2.06 bits per heavy atom. The minimum absolute atomic E-state index is 0.0239. The first-order valence-electron chi connectivity index (χ1n) is 5.81. The highest BCUT2D eigenvalue weighted by Gasteiger charge is 2.03. The molecule has 1 aromatic rings. The maximum atomic E-state index is 11.6. The molecule has 0 saturated heterocycles. The minimum Gasteiger partial charge on any atom is -0.497 e. The van der Waals surface area contributed by atoms with Crippen molar-refractivity contribution in [2.45, 2.75) is 32.2 Å². The Labute approximate surface area is 102 Å². The summed E-state index contributed by atoms with van der Waals surface area (Å²) in [7, 11) is 1.61. The Hall–Kier alpha value is -1.55. The van der Waals surface area contributed by atoms with E-state index in [1.54, 1.807) is 7.11 Å². The summed E-state index contributed by atoms with van der Waals surface area (Å²) >= 11 is 0. The van der Waals surface area contributed by atoms with Gasteiger partial charge in [0.1, 0.15) is 5.75 Å². The summed E-state index contributed by atoms with van der Waals surface area (Å²) in [5.74, 6) is 0.802. The number of benzene rings is 1. The van der Waals surface area contributed by atoms with Gasteiger partial charge in [-0.05, 0) is 44.0 Å². The quantitative estimate of drug-likeness (QED) is 0.795. The van der Waals surface area contributed by atoms with Gasteiger partial charge in [-0.1, -0.05) is 0 Å². The summed E-state index contributed by atoms with van der Waals surface area (Å²) in [6, 6.07) is 7.43. The Bertz CT molecular complexity index is 347. The zero-order chi connectivity index (χ0) is 12.7. The van der Waals surface area contributed by atoms with Crippen molar-refractivity contribution in [1.82, 2.24) is 0 Å². The van der Waals surface area contributed by atoms with E-state index in [2.05, 4.69) is 5.32 Å². The van der Waals surface area contributed by atoms with Crippen LogP contribution in [0.25, 0.3) is 0 Å². The molecule has 17 heavy (non-hydrogen) atoms. The molecule has 0 spiro atoms. The van der Waals surface area contributed by atoms with Crippen molar-refractivity contribution >= 4 is 11.6 Å². The lowest BCUT2D eigenvalue weighted by molar-refractivity contribution is -0.116. The number of nitrogens with two attached hydrogens (primary N) is 1.